The molecular formula is C108H108F5N21O6. The maximum absolute atomic E-state index is 13.8. The number of benzene rings is 7. The maximum atomic E-state index is 13.8. The molecule has 0 bridgehead atoms. The van der Waals surface area contributed by atoms with Gasteiger partial charge in [0.15, 0.2) is 11.2 Å². The van der Waals surface area contributed by atoms with Gasteiger partial charge in [-0.1, -0.05) is 12.1 Å². The van der Waals surface area contributed by atoms with Crippen molar-refractivity contribution in [2.75, 3.05) is 189 Å². The van der Waals surface area contributed by atoms with E-state index in [2.05, 4.69) is 134 Å². The average molecular weight is 1890 g/mol. The number of oxazole rings is 2. The van der Waals surface area contributed by atoms with Gasteiger partial charge in [-0.15, -0.1) is 0 Å². The van der Waals surface area contributed by atoms with Crippen LogP contribution in [0.4, 0.5) is 74.3 Å². The number of H-pyrrole nitrogens is 5. The molecule has 0 amide bonds. The third kappa shape index (κ3) is 17.6. The summed E-state index contributed by atoms with van der Waals surface area (Å²) in [6.45, 7) is 21.2. The second-order valence-corrected chi connectivity index (χ2v) is 38.1. The molecule has 10 aliphatic rings. The first-order valence-corrected chi connectivity index (χ1v) is 48.8. The van der Waals surface area contributed by atoms with Gasteiger partial charge >= 0.3 is 0 Å². The number of rotatable bonds is 10. The van der Waals surface area contributed by atoms with E-state index in [4.69, 9.17) is 52.7 Å². The molecule has 1 aliphatic carbocycles. The summed E-state index contributed by atoms with van der Waals surface area (Å²) in [5.74, 6) is 3.49. The third-order valence-electron chi connectivity index (χ3n) is 29.5. The summed E-state index contributed by atoms with van der Waals surface area (Å²) in [7, 11) is 3.78. The van der Waals surface area contributed by atoms with E-state index in [1.165, 1.54) is 87.0 Å². The molecule has 1 spiro atoms. The van der Waals surface area contributed by atoms with E-state index < -0.39 is 0 Å². The Morgan fingerprint density at radius 3 is 1.36 bits per heavy atom. The van der Waals surface area contributed by atoms with Crippen LogP contribution in [0.15, 0.2) is 197 Å². The Labute approximate surface area is 803 Å². The zero-order valence-electron chi connectivity index (χ0n) is 78.2. The van der Waals surface area contributed by atoms with Gasteiger partial charge in [-0.3, -0.25) is 0 Å². The van der Waals surface area contributed by atoms with Crippen LogP contribution in [0.2, 0.25) is 0 Å². The summed E-state index contributed by atoms with van der Waals surface area (Å²) in [5, 5.41) is 5.37. The highest BCUT2D eigenvalue weighted by atomic mass is 19.1. The van der Waals surface area contributed by atoms with Crippen LogP contribution in [0.5, 0.6) is 5.88 Å². The Balaban J connectivity index is 0.0000000954. The summed E-state index contributed by atoms with van der Waals surface area (Å²) in [5.41, 5.74) is 25.2. The standard InChI is InChI=1S/C25H25FN4O2.C23H22FN5O.C22H21FN4O2.C21H24FN5.C17H16FN3O/c26-16-2-4-18-19-14-29(9-6-20(19)27-21(18)12-16)17-3-5-23-22(13-17)28-24(32-23)30-10-11-31-25(15-30)7-1-8-25;24-15-1-2-16-17-14-29(8-7-18(17)25-21(16)13-15)23-6-4-19-20(27-23)3-5-22(26-19)28-9-11-30-12-10-28;23-14-4-5-17-15(12-14)16-13-27(7-6-18(16)24-17)19-2-1-3-20-21(19)25-22(29-20)26-8-10-28-11-9-26;1-25-8-10-26(11-9-25)21-5-3-16(13-23-21)27-7-6-19-18(14-27)17-4-2-15(22)12-20(17)24-19;1-22-17-4-2-3-16(20-17)21-8-7-14-13(10-21)12-6-5-11(18)9-15(12)19-14/h2-5,12-13,27H,1,6-11,14-15H2;1-6,13,25H,7-12,14H2;1-5,12,24H,6-11,13H2;2-5,12-13,24H,6-11,14H2,1H3;2-6,9,19H,7-8,10H2,1H3. The summed E-state index contributed by atoms with van der Waals surface area (Å²) in [6, 6.07) is 56.9. The molecular weight excluding hydrogens is 1780 g/mol. The quantitative estimate of drug-likeness (QED) is 0.0798. The summed E-state index contributed by atoms with van der Waals surface area (Å²) >= 11 is 0. The molecule has 5 N–H and O–H groups in total. The van der Waals surface area contributed by atoms with Crippen molar-refractivity contribution in [2.45, 2.75) is 89.7 Å². The number of ether oxygens (including phenoxy) is 4. The smallest absolute Gasteiger partial charge is 0.298 e. The van der Waals surface area contributed by atoms with Crippen LogP contribution in [-0.2, 0) is 79.0 Å². The highest BCUT2D eigenvalue weighted by Crippen LogP contribution is 2.43. The van der Waals surface area contributed by atoms with Crippen LogP contribution in [0, 0.1) is 29.1 Å². The number of nitrogens with zero attached hydrogens (tertiary/aromatic N) is 16. The fraction of sp³-hybridized carbons (Fsp3) is 0.333. The van der Waals surface area contributed by atoms with Crippen LogP contribution < -0.4 is 48.8 Å². The molecule has 11 aromatic heterocycles. The number of hydrogen-bond donors (Lipinski definition) is 5. The molecule has 716 valence electrons. The molecule has 0 atom stereocenters. The molecule has 1 saturated carbocycles. The zero-order valence-corrected chi connectivity index (χ0v) is 78.2. The number of pyridine rings is 4. The number of para-hydroxylation sites is 1. The maximum Gasteiger partial charge on any atom is 0.298 e. The van der Waals surface area contributed by atoms with Crippen LogP contribution in [0.25, 0.3) is 87.7 Å². The molecule has 28 rings (SSSR count). The Morgan fingerprint density at radius 2 is 0.800 bits per heavy atom. The number of aromatic nitrogens is 11. The fourth-order valence-electron chi connectivity index (χ4n) is 21.8. The highest BCUT2D eigenvalue weighted by molar-refractivity contribution is 5.93. The van der Waals surface area contributed by atoms with E-state index in [9.17, 15) is 22.0 Å². The molecule has 32 heteroatoms. The van der Waals surface area contributed by atoms with Crippen molar-refractivity contribution in [1.82, 2.24) is 59.7 Å². The van der Waals surface area contributed by atoms with Gasteiger partial charge in [0.2, 0.25) is 5.88 Å². The molecule has 7 aromatic carbocycles. The summed E-state index contributed by atoms with van der Waals surface area (Å²) in [6.07, 6.45) is 10.0. The number of piperazine rings is 1. The van der Waals surface area contributed by atoms with Gasteiger partial charge in [0.25, 0.3) is 12.0 Å². The van der Waals surface area contributed by atoms with Crippen molar-refractivity contribution in [2.24, 2.45) is 0 Å². The number of nitrogens with one attached hydrogen (secondary N) is 5. The molecule has 27 nitrogen and oxygen atoms in total. The normalized spacial score (nSPS) is 17.6. The van der Waals surface area contributed by atoms with Gasteiger partial charge in [-0.25, -0.2) is 36.9 Å². The Morgan fingerprint density at radius 1 is 0.343 bits per heavy atom. The molecule has 20 heterocycles. The van der Waals surface area contributed by atoms with E-state index in [0.717, 1.165) is 324 Å². The minimum Gasteiger partial charge on any atom is -0.481 e. The predicted molar refractivity (Wildman–Crippen MR) is 538 cm³/mol. The van der Waals surface area contributed by atoms with Gasteiger partial charge in [0.05, 0.1) is 80.9 Å². The van der Waals surface area contributed by atoms with Gasteiger partial charge in [-0.2, -0.15) is 15.0 Å². The highest BCUT2D eigenvalue weighted by Gasteiger charge is 2.44. The van der Waals surface area contributed by atoms with E-state index >= 15 is 0 Å². The van der Waals surface area contributed by atoms with Crippen LogP contribution in [-0.4, -0.2) is 211 Å². The molecule has 18 aromatic rings. The lowest BCUT2D eigenvalue weighted by molar-refractivity contribution is -0.107. The molecule has 140 heavy (non-hydrogen) atoms. The van der Waals surface area contributed by atoms with Crippen LogP contribution >= 0.6 is 0 Å². The van der Waals surface area contributed by atoms with E-state index in [1.54, 1.807) is 43.5 Å². The Hall–Kier alpha value is -14.5. The number of morpholine rings is 3. The Bertz CT molecular complexity index is 7660. The van der Waals surface area contributed by atoms with Crippen molar-refractivity contribution < 1.29 is 49.7 Å². The van der Waals surface area contributed by atoms with Gasteiger partial charge in [0, 0.05) is 279 Å². The second kappa shape index (κ2) is 37.4. The monoisotopic (exact) mass is 1890 g/mol. The topological polar surface area (TPSA) is 252 Å². The first-order chi connectivity index (χ1) is 68.6. The largest absolute Gasteiger partial charge is 0.481 e. The van der Waals surface area contributed by atoms with Gasteiger partial charge < -0.3 is 102 Å². The summed E-state index contributed by atoms with van der Waals surface area (Å²) < 4.78 is 102. The molecule has 5 fully saturated rings. The lowest BCUT2D eigenvalue weighted by atomic mass is 9.79. The predicted octanol–water partition coefficient (Wildman–Crippen LogP) is 18.6. The minimum absolute atomic E-state index is 0.0117. The number of hydrogen-bond acceptors (Lipinski definition) is 22. The van der Waals surface area contributed by atoms with Crippen molar-refractivity contribution in [1.29, 1.82) is 0 Å². The van der Waals surface area contributed by atoms with E-state index in [-0.39, 0.29) is 34.7 Å². The Kier molecular flexibility index (Phi) is 23.5. The molecule has 0 unspecified atom stereocenters. The third-order valence-corrected chi connectivity index (χ3v) is 29.5. The van der Waals surface area contributed by atoms with Crippen molar-refractivity contribution >= 4 is 140 Å². The molecule has 0 radical (unpaired) electrons. The van der Waals surface area contributed by atoms with Crippen LogP contribution in [0.1, 0.15) is 75.5 Å². The lowest BCUT2D eigenvalue weighted by Gasteiger charge is -2.47. The summed E-state index contributed by atoms with van der Waals surface area (Å²) in [4.78, 5) is 68.4. The first-order valence-electron chi connectivity index (χ1n) is 48.8. The number of methoxy groups -OCH3 is 1. The van der Waals surface area contributed by atoms with Crippen molar-refractivity contribution in [3.05, 3.63) is 274 Å². The van der Waals surface area contributed by atoms with Gasteiger partial charge in [-0.05, 0) is 190 Å². The minimum atomic E-state index is -0.211. The average Bonchev–Trinajstić information content (AvgIpc) is 1.60. The SMILES string of the molecule is CN1CCN(c2ccc(N3CCc4[nH]c5cc(F)ccc5c4C3)cn2)CC1.COc1cccc(N2CCc3[nH]c4cc(F)ccc4c3C2)n1.Fc1ccc2[nH]c3c(c2c1)CN(c1cccc2oc(N4CCOCC4)nc12)CC3.Fc1ccc2c3c([nH]c2c1)CCN(c1ccc2nc(N4CCOCC4)ccc2n1)C3.Fc1ccc2c3c([nH]c2c1)CCN(c1ccc2oc(N4CCOC5(CCC5)C4)nc2c1)C3. The number of aromatic amines is 5. The molecule has 9 aliphatic heterocycles. The number of anilines is 9. The number of halogens is 5. The first kappa shape index (κ1) is 88.2. The van der Waals surface area contributed by atoms with E-state index in [0.29, 0.717) is 31.1 Å². The second-order valence-electron chi connectivity index (χ2n) is 38.1. The fourth-order valence-corrected chi connectivity index (χ4v) is 21.8. The number of likely N-dealkylation sites (N-methyl/N-ethyl adjacent to an activating group) is 1. The van der Waals surface area contributed by atoms with Crippen LogP contribution in [0.3, 0.4) is 0 Å². The lowest BCUT2D eigenvalue weighted by Crippen LogP contribution is -2.55. The van der Waals surface area contributed by atoms with Gasteiger partial charge in [0.1, 0.15) is 63.4 Å². The van der Waals surface area contributed by atoms with Crippen molar-refractivity contribution in [3.8, 4) is 5.88 Å². The number of fused-ring (bicyclic) bond motifs is 18. The molecule has 4 saturated heterocycles. The van der Waals surface area contributed by atoms with E-state index in [1.807, 2.05) is 79.0 Å². The van der Waals surface area contributed by atoms with Crippen molar-refractivity contribution in [3.63, 3.8) is 0 Å². The zero-order chi connectivity index (χ0) is 94.2.